The van der Waals surface area contributed by atoms with Crippen molar-refractivity contribution in [2.24, 2.45) is 0 Å². The van der Waals surface area contributed by atoms with Crippen LogP contribution in [0.4, 0.5) is 16.2 Å². The molecule has 1 saturated heterocycles. The number of nitrogens with zero attached hydrogens (tertiary/aromatic N) is 3. The number of urea groups is 1. The topological polar surface area (TPSA) is 57.7 Å². The third-order valence-corrected chi connectivity index (χ3v) is 5.83. The summed E-state index contributed by atoms with van der Waals surface area (Å²) < 4.78 is 5.80. The van der Waals surface area contributed by atoms with E-state index >= 15 is 0 Å². The van der Waals surface area contributed by atoms with E-state index in [2.05, 4.69) is 15.2 Å². The Labute approximate surface area is 197 Å². The molecule has 2 aromatic carbocycles. The minimum absolute atomic E-state index is 0.128. The molecule has 8 heteroatoms. The minimum Gasteiger partial charge on any atom is -0.489 e. The molecule has 2 heterocycles. The Morgan fingerprint density at radius 3 is 2.38 bits per heavy atom. The molecule has 1 aliphatic rings. The predicted octanol–water partition coefficient (Wildman–Crippen LogP) is 5.71. The van der Waals surface area contributed by atoms with Crippen molar-refractivity contribution in [3.8, 4) is 5.75 Å². The summed E-state index contributed by atoms with van der Waals surface area (Å²) in [5.74, 6) is 0.753. The largest absolute Gasteiger partial charge is 0.489 e. The number of halogens is 2. The van der Waals surface area contributed by atoms with E-state index in [0.29, 0.717) is 36.3 Å². The van der Waals surface area contributed by atoms with Crippen LogP contribution >= 0.6 is 23.2 Å². The van der Waals surface area contributed by atoms with Gasteiger partial charge in [0.1, 0.15) is 12.4 Å². The van der Waals surface area contributed by atoms with E-state index < -0.39 is 0 Å². The first-order chi connectivity index (χ1) is 15.6. The van der Waals surface area contributed by atoms with E-state index in [0.717, 1.165) is 35.7 Å². The molecule has 0 spiro atoms. The molecule has 1 aromatic heterocycles. The number of hydrogen-bond donors (Lipinski definition) is 1. The number of rotatable bonds is 5. The summed E-state index contributed by atoms with van der Waals surface area (Å²) >= 11 is 12.6. The van der Waals surface area contributed by atoms with Crippen molar-refractivity contribution in [3.63, 3.8) is 0 Å². The summed E-state index contributed by atoms with van der Waals surface area (Å²) in [6, 6.07) is 17.3. The standard InChI is InChI=1S/C24H24Cl2N4O2/c25-21-15-27-16-22(26)23(21)29-11-4-12-30(14-13-29)24(31)28-19-7-9-20(10-8-19)32-17-18-5-2-1-3-6-18/h1-3,5-10,15-16H,4,11-14,17H2,(H,28,31). The molecule has 1 N–H and O–H groups in total. The van der Waals surface area contributed by atoms with Crippen LogP contribution in [0.5, 0.6) is 5.75 Å². The van der Waals surface area contributed by atoms with Crippen LogP contribution in [0, 0.1) is 0 Å². The van der Waals surface area contributed by atoms with Crippen molar-refractivity contribution in [1.29, 1.82) is 0 Å². The number of benzene rings is 2. The van der Waals surface area contributed by atoms with Gasteiger partial charge in [-0.2, -0.15) is 0 Å². The molecule has 0 bridgehead atoms. The molecular formula is C24H24Cl2N4O2. The Balaban J connectivity index is 1.31. The number of nitrogens with one attached hydrogen (secondary N) is 1. The highest BCUT2D eigenvalue weighted by Gasteiger charge is 2.22. The lowest BCUT2D eigenvalue weighted by Gasteiger charge is -2.25. The quantitative estimate of drug-likeness (QED) is 0.518. The number of pyridine rings is 1. The van der Waals surface area contributed by atoms with Crippen molar-refractivity contribution >= 4 is 40.6 Å². The molecular weight excluding hydrogens is 447 g/mol. The number of carbonyl (C=O) groups is 1. The number of aromatic nitrogens is 1. The molecule has 0 aliphatic carbocycles. The van der Waals surface area contributed by atoms with Gasteiger partial charge in [0.15, 0.2) is 0 Å². The van der Waals surface area contributed by atoms with Crippen LogP contribution in [-0.2, 0) is 6.61 Å². The van der Waals surface area contributed by atoms with Crippen LogP contribution in [0.15, 0.2) is 67.0 Å². The van der Waals surface area contributed by atoms with Crippen LogP contribution in [0.3, 0.4) is 0 Å². The van der Waals surface area contributed by atoms with Gasteiger partial charge in [-0.05, 0) is 36.2 Å². The lowest BCUT2D eigenvalue weighted by atomic mass is 10.2. The van der Waals surface area contributed by atoms with Crippen molar-refractivity contribution < 1.29 is 9.53 Å². The van der Waals surface area contributed by atoms with Gasteiger partial charge >= 0.3 is 6.03 Å². The Bertz CT molecular complexity index is 1030. The molecule has 3 aromatic rings. The third-order valence-electron chi connectivity index (χ3n) is 5.28. The Morgan fingerprint density at radius 2 is 1.66 bits per heavy atom. The van der Waals surface area contributed by atoms with Gasteiger partial charge in [0.25, 0.3) is 0 Å². The van der Waals surface area contributed by atoms with Crippen molar-refractivity contribution in [3.05, 3.63) is 82.6 Å². The first-order valence-corrected chi connectivity index (χ1v) is 11.2. The van der Waals surface area contributed by atoms with Crippen molar-refractivity contribution in [2.75, 3.05) is 36.4 Å². The molecule has 166 valence electrons. The van der Waals surface area contributed by atoms with E-state index in [1.54, 1.807) is 12.4 Å². The van der Waals surface area contributed by atoms with Crippen molar-refractivity contribution in [2.45, 2.75) is 13.0 Å². The van der Waals surface area contributed by atoms with Crippen molar-refractivity contribution in [1.82, 2.24) is 9.88 Å². The van der Waals surface area contributed by atoms with Crippen LogP contribution in [0.2, 0.25) is 10.0 Å². The Hall–Kier alpha value is -2.96. The maximum atomic E-state index is 12.8. The molecule has 32 heavy (non-hydrogen) atoms. The number of ether oxygens (including phenoxy) is 1. The van der Waals surface area contributed by atoms with Crippen LogP contribution in [0.25, 0.3) is 0 Å². The van der Waals surface area contributed by atoms with Crippen LogP contribution in [-0.4, -0.2) is 42.1 Å². The smallest absolute Gasteiger partial charge is 0.321 e. The molecule has 0 saturated carbocycles. The molecule has 1 fully saturated rings. The van der Waals surface area contributed by atoms with Gasteiger partial charge in [-0.1, -0.05) is 53.5 Å². The molecule has 2 amide bonds. The highest BCUT2D eigenvalue weighted by molar-refractivity contribution is 6.38. The number of carbonyl (C=O) groups excluding carboxylic acids is 1. The summed E-state index contributed by atoms with van der Waals surface area (Å²) in [4.78, 5) is 20.7. The second-order valence-electron chi connectivity index (χ2n) is 7.51. The van der Waals surface area contributed by atoms with Gasteiger partial charge in [-0.25, -0.2) is 4.79 Å². The van der Waals surface area contributed by atoms with Gasteiger partial charge in [-0.15, -0.1) is 0 Å². The number of anilines is 2. The van der Waals surface area contributed by atoms with Crippen LogP contribution in [0.1, 0.15) is 12.0 Å². The summed E-state index contributed by atoms with van der Waals surface area (Å²) in [6.07, 6.45) is 3.99. The first kappa shape index (κ1) is 22.2. The zero-order valence-corrected chi connectivity index (χ0v) is 19.0. The Morgan fingerprint density at radius 1 is 0.938 bits per heavy atom. The zero-order chi connectivity index (χ0) is 22.3. The SMILES string of the molecule is O=C(Nc1ccc(OCc2ccccc2)cc1)N1CCCN(c2c(Cl)cncc2Cl)CC1. The summed E-state index contributed by atoms with van der Waals surface area (Å²) in [5, 5.41) is 4.01. The molecule has 1 aliphatic heterocycles. The van der Waals surface area contributed by atoms with E-state index in [1.165, 1.54) is 0 Å². The van der Waals surface area contributed by atoms with Crippen LogP contribution < -0.4 is 15.0 Å². The van der Waals surface area contributed by atoms with Gasteiger partial charge in [0.05, 0.1) is 15.7 Å². The summed E-state index contributed by atoms with van der Waals surface area (Å²) in [5.41, 5.74) is 2.61. The second kappa shape index (κ2) is 10.6. The third kappa shape index (κ3) is 5.64. The fraction of sp³-hybridized carbons (Fsp3) is 0.250. The number of amides is 2. The Kier molecular flexibility index (Phi) is 7.35. The average molecular weight is 471 g/mol. The maximum absolute atomic E-state index is 12.8. The fourth-order valence-corrected chi connectivity index (χ4v) is 4.23. The zero-order valence-electron chi connectivity index (χ0n) is 17.5. The molecule has 4 rings (SSSR count). The van der Waals surface area contributed by atoms with Gasteiger partial charge in [0.2, 0.25) is 0 Å². The van der Waals surface area contributed by atoms with E-state index in [9.17, 15) is 4.79 Å². The van der Waals surface area contributed by atoms with Gasteiger partial charge in [0, 0.05) is 44.3 Å². The maximum Gasteiger partial charge on any atom is 0.321 e. The molecule has 0 unspecified atom stereocenters. The van der Waals surface area contributed by atoms with Gasteiger partial charge in [-0.3, -0.25) is 4.98 Å². The minimum atomic E-state index is -0.128. The summed E-state index contributed by atoms with van der Waals surface area (Å²) in [6.45, 7) is 3.13. The van der Waals surface area contributed by atoms with E-state index in [1.807, 2.05) is 59.5 Å². The second-order valence-corrected chi connectivity index (χ2v) is 8.32. The normalized spacial score (nSPS) is 14.1. The lowest BCUT2D eigenvalue weighted by Crippen LogP contribution is -2.38. The molecule has 0 atom stereocenters. The predicted molar refractivity (Wildman–Crippen MR) is 129 cm³/mol. The highest BCUT2D eigenvalue weighted by atomic mass is 35.5. The average Bonchev–Trinajstić information content (AvgIpc) is 3.06. The molecule has 6 nitrogen and oxygen atoms in total. The molecule has 0 radical (unpaired) electrons. The monoisotopic (exact) mass is 470 g/mol. The fourth-order valence-electron chi connectivity index (χ4n) is 3.63. The number of hydrogen-bond acceptors (Lipinski definition) is 4. The van der Waals surface area contributed by atoms with E-state index in [4.69, 9.17) is 27.9 Å². The summed E-state index contributed by atoms with van der Waals surface area (Å²) in [7, 11) is 0. The van der Waals surface area contributed by atoms with Gasteiger partial charge < -0.3 is 19.9 Å². The first-order valence-electron chi connectivity index (χ1n) is 10.5. The lowest BCUT2D eigenvalue weighted by molar-refractivity contribution is 0.215. The van der Waals surface area contributed by atoms with E-state index in [-0.39, 0.29) is 6.03 Å². The highest BCUT2D eigenvalue weighted by Crippen LogP contribution is 2.33.